The van der Waals surface area contributed by atoms with E-state index < -0.39 is 0 Å². The van der Waals surface area contributed by atoms with Crippen molar-refractivity contribution in [2.45, 2.75) is 40.2 Å². The summed E-state index contributed by atoms with van der Waals surface area (Å²) in [5, 5.41) is 11.3. The van der Waals surface area contributed by atoms with Crippen LogP contribution in [0.2, 0.25) is 0 Å². The Bertz CT molecular complexity index is 539. The Labute approximate surface area is 163 Å². The number of likely N-dealkylation sites (tertiary alicyclic amines) is 1. The van der Waals surface area contributed by atoms with Crippen molar-refractivity contribution in [1.29, 1.82) is 0 Å². The fourth-order valence-corrected chi connectivity index (χ4v) is 3.23. The number of piperidine rings is 1. The molecule has 6 nitrogen and oxygen atoms in total. The smallest absolute Gasteiger partial charge is 0.191 e. The summed E-state index contributed by atoms with van der Waals surface area (Å²) in [7, 11) is 4.19. The van der Waals surface area contributed by atoms with E-state index in [1.54, 1.807) is 0 Å². The molecule has 1 unspecified atom stereocenters. The molecule has 0 amide bonds. The third-order valence-electron chi connectivity index (χ3n) is 4.68. The minimum atomic E-state index is 0. The number of guanidine groups is 1. The summed E-state index contributed by atoms with van der Waals surface area (Å²) in [4.78, 5) is 7.17. The second-order valence-electron chi connectivity index (χ2n) is 6.62. The molecule has 0 aromatic carbocycles. The first-order chi connectivity index (χ1) is 11.0. The molecular formula is C17H33IN6. The number of nitrogens with zero attached hydrogens (tertiary/aromatic N) is 4. The lowest BCUT2D eigenvalue weighted by atomic mass is 9.99. The Balaban J connectivity index is 0.00000288. The summed E-state index contributed by atoms with van der Waals surface area (Å²) >= 11 is 0. The van der Waals surface area contributed by atoms with Crippen LogP contribution < -0.4 is 10.6 Å². The molecule has 2 N–H and O–H groups in total. The number of rotatable bonds is 5. The van der Waals surface area contributed by atoms with E-state index in [1.807, 2.05) is 11.7 Å². The van der Waals surface area contributed by atoms with Crippen LogP contribution in [-0.4, -0.2) is 53.9 Å². The molecule has 7 heteroatoms. The van der Waals surface area contributed by atoms with Crippen LogP contribution in [0, 0.1) is 19.8 Å². The summed E-state index contributed by atoms with van der Waals surface area (Å²) in [6.07, 6.45) is 2.60. The van der Waals surface area contributed by atoms with Crippen LogP contribution in [0.1, 0.15) is 36.7 Å². The lowest BCUT2D eigenvalue weighted by Crippen LogP contribution is -2.43. The molecule has 1 saturated heterocycles. The summed E-state index contributed by atoms with van der Waals surface area (Å²) in [5.41, 5.74) is 3.48. The van der Waals surface area contributed by atoms with Crippen LogP contribution >= 0.6 is 24.0 Å². The molecule has 2 heterocycles. The zero-order valence-electron chi connectivity index (χ0n) is 15.7. The van der Waals surface area contributed by atoms with Crippen molar-refractivity contribution >= 4 is 29.9 Å². The van der Waals surface area contributed by atoms with E-state index in [1.165, 1.54) is 37.2 Å². The van der Waals surface area contributed by atoms with Gasteiger partial charge in [-0.1, -0.05) is 0 Å². The number of hydrogen-bond donors (Lipinski definition) is 2. The fourth-order valence-electron chi connectivity index (χ4n) is 3.23. The van der Waals surface area contributed by atoms with E-state index in [-0.39, 0.29) is 24.0 Å². The van der Waals surface area contributed by atoms with Gasteiger partial charge in [0.2, 0.25) is 0 Å². The van der Waals surface area contributed by atoms with Gasteiger partial charge in [0.1, 0.15) is 0 Å². The van der Waals surface area contributed by atoms with E-state index >= 15 is 0 Å². The van der Waals surface area contributed by atoms with Gasteiger partial charge >= 0.3 is 0 Å². The highest BCUT2D eigenvalue weighted by Crippen LogP contribution is 2.14. The number of hydrogen-bond acceptors (Lipinski definition) is 3. The standard InChI is InChI=1S/C17H32N6.HI/c1-6-18-17(19-10-15-8-7-9-22(4)12-15)20-11-16-13(2)21-23(5)14(16)3;/h15H,6-12H2,1-5H3,(H2,18,19,20);1H. The second-order valence-corrected chi connectivity index (χ2v) is 6.62. The molecule has 138 valence electrons. The van der Waals surface area contributed by atoms with Crippen molar-refractivity contribution in [1.82, 2.24) is 25.3 Å². The quantitative estimate of drug-likeness (QED) is 0.412. The van der Waals surface area contributed by atoms with Gasteiger partial charge < -0.3 is 15.5 Å². The van der Waals surface area contributed by atoms with E-state index in [9.17, 15) is 0 Å². The van der Waals surface area contributed by atoms with Crippen LogP contribution in [0.25, 0.3) is 0 Å². The van der Waals surface area contributed by atoms with Gasteiger partial charge in [0.05, 0.1) is 12.2 Å². The van der Waals surface area contributed by atoms with Gasteiger partial charge in [0.15, 0.2) is 5.96 Å². The Morgan fingerprint density at radius 1 is 1.29 bits per heavy atom. The van der Waals surface area contributed by atoms with Crippen molar-refractivity contribution in [3.05, 3.63) is 17.0 Å². The number of nitrogens with one attached hydrogen (secondary N) is 2. The first-order valence-corrected chi connectivity index (χ1v) is 8.71. The topological polar surface area (TPSA) is 57.5 Å². The van der Waals surface area contributed by atoms with Gasteiger partial charge in [-0.25, -0.2) is 4.99 Å². The fraction of sp³-hybridized carbons (Fsp3) is 0.765. The molecule has 24 heavy (non-hydrogen) atoms. The summed E-state index contributed by atoms with van der Waals surface area (Å²) in [6, 6.07) is 0. The number of aryl methyl sites for hydroxylation is 2. The molecule has 0 bridgehead atoms. The van der Waals surface area contributed by atoms with E-state index in [4.69, 9.17) is 4.99 Å². The zero-order valence-corrected chi connectivity index (χ0v) is 18.1. The first kappa shape index (κ1) is 21.2. The minimum absolute atomic E-state index is 0. The maximum atomic E-state index is 4.75. The van der Waals surface area contributed by atoms with Crippen molar-refractivity contribution < 1.29 is 0 Å². The van der Waals surface area contributed by atoms with Crippen molar-refractivity contribution in [3.63, 3.8) is 0 Å². The monoisotopic (exact) mass is 448 g/mol. The summed E-state index contributed by atoms with van der Waals surface area (Å²) in [5.74, 6) is 1.61. The average Bonchev–Trinajstić information content (AvgIpc) is 2.75. The molecule has 0 aliphatic carbocycles. The van der Waals surface area contributed by atoms with Crippen LogP contribution in [0.4, 0.5) is 0 Å². The minimum Gasteiger partial charge on any atom is -0.357 e. The second kappa shape index (κ2) is 10.2. The van der Waals surface area contributed by atoms with Gasteiger partial charge in [-0.2, -0.15) is 5.10 Å². The summed E-state index contributed by atoms with van der Waals surface area (Å²) < 4.78 is 1.93. The molecule has 0 radical (unpaired) electrons. The van der Waals surface area contributed by atoms with Crippen LogP contribution in [-0.2, 0) is 13.6 Å². The van der Waals surface area contributed by atoms with Crippen molar-refractivity contribution in [2.75, 3.05) is 33.2 Å². The lowest BCUT2D eigenvalue weighted by molar-refractivity contribution is 0.210. The van der Waals surface area contributed by atoms with Crippen LogP contribution in [0.15, 0.2) is 4.99 Å². The van der Waals surface area contributed by atoms with Crippen molar-refractivity contribution in [2.24, 2.45) is 18.0 Å². The maximum absolute atomic E-state index is 4.75. The Morgan fingerprint density at radius 2 is 2.04 bits per heavy atom. The highest BCUT2D eigenvalue weighted by atomic mass is 127. The number of aliphatic imine (C=N–C) groups is 1. The zero-order chi connectivity index (χ0) is 16.8. The van der Waals surface area contributed by atoms with Crippen molar-refractivity contribution in [3.8, 4) is 0 Å². The molecule has 1 aliphatic rings. The molecule has 1 aromatic rings. The maximum Gasteiger partial charge on any atom is 0.191 e. The largest absolute Gasteiger partial charge is 0.357 e. The van der Waals surface area contributed by atoms with E-state index in [0.29, 0.717) is 12.5 Å². The van der Waals surface area contributed by atoms with Gasteiger partial charge in [-0.05, 0) is 53.1 Å². The third-order valence-corrected chi connectivity index (χ3v) is 4.68. The predicted octanol–water partition coefficient (Wildman–Crippen LogP) is 2.05. The highest BCUT2D eigenvalue weighted by molar-refractivity contribution is 14.0. The average molecular weight is 448 g/mol. The Morgan fingerprint density at radius 3 is 2.62 bits per heavy atom. The molecule has 1 fully saturated rings. The summed E-state index contributed by atoms with van der Waals surface area (Å²) in [6.45, 7) is 11.2. The molecule has 0 spiro atoms. The predicted molar refractivity (Wildman–Crippen MR) is 111 cm³/mol. The molecule has 2 rings (SSSR count). The molecule has 1 aromatic heterocycles. The molecule has 1 atom stereocenters. The lowest BCUT2D eigenvalue weighted by Gasteiger charge is -2.30. The Kier molecular flexibility index (Phi) is 9.04. The molecule has 0 saturated carbocycles. The van der Waals surface area contributed by atoms with Gasteiger partial charge in [0.25, 0.3) is 0 Å². The highest BCUT2D eigenvalue weighted by Gasteiger charge is 2.17. The normalized spacial score (nSPS) is 19.0. The number of halogens is 1. The SMILES string of the molecule is CCNC(=NCc1c(C)nn(C)c1C)NCC1CCCN(C)C1.I. The molecule has 1 aliphatic heterocycles. The Hall–Kier alpha value is -0.830. The number of aromatic nitrogens is 2. The molecular weight excluding hydrogens is 415 g/mol. The first-order valence-electron chi connectivity index (χ1n) is 8.71. The van der Waals surface area contributed by atoms with E-state index in [0.717, 1.165) is 24.7 Å². The van der Waals surface area contributed by atoms with Crippen LogP contribution in [0.3, 0.4) is 0 Å². The van der Waals surface area contributed by atoms with E-state index in [2.05, 4.69) is 48.5 Å². The van der Waals surface area contributed by atoms with Crippen LogP contribution in [0.5, 0.6) is 0 Å². The van der Waals surface area contributed by atoms with Gasteiger partial charge in [-0.3, -0.25) is 4.68 Å². The third kappa shape index (κ3) is 5.91. The van der Waals surface area contributed by atoms with Gasteiger partial charge in [-0.15, -0.1) is 24.0 Å². The van der Waals surface area contributed by atoms with Gasteiger partial charge in [0, 0.05) is 37.9 Å².